The molecule has 1 saturated carbocycles. The van der Waals surface area contributed by atoms with E-state index in [0.717, 1.165) is 18.2 Å². The summed E-state index contributed by atoms with van der Waals surface area (Å²) in [7, 11) is 1.66. The molecule has 1 aromatic heterocycles. The summed E-state index contributed by atoms with van der Waals surface area (Å²) in [5.41, 5.74) is 0.455. The third-order valence-electron chi connectivity index (χ3n) is 5.71. The lowest BCUT2D eigenvalue weighted by molar-refractivity contribution is -0.384. The van der Waals surface area contributed by atoms with E-state index in [2.05, 4.69) is 12.2 Å². The Morgan fingerprint density at radius 1 is 1.18 bits per heavy atom. The highest BCUT2D eigenvalue weighted by molar-refractivity contribution is 6.34. The molecule has 1 fully saturated rings. The zero-order valence-electron chi connectivity index (χ0n) is 18.1. The molecular weight excluding hydrogens is 446 g/mol. The van der Waals surface area contributed by atoms with Crippen LogP contribution in [0.4, 0.5) is 11.4 Å². The number of para-hydroxylation sites is 1. The van der Waals surface area contributed by atoms with Gasteiger partial charge in [-0.15, -0.1) is 0 Å². The highest BCUT2D eigenvalue weighted by Crippen LogP contribution is 2.47. The van der Waals surface area contributed by atoms with Gasteiger partial charge in [0.05, 0.1) is 33.3 Å². The van der Waals surface area contributed by atoms with Gasteiger partial charge in [-0.25, -0.2) is 0 Å². The first-order chi connectivity index (χ1) is 15.7. The number of anilines is 1. The Morgan fingerprint density at radius 3 is 2.58 bits per heavy atom. The average molecular weight is 468 g/mol. The van der Waals surface area contributed by atoms with Crippen LogP contribution in [0.1, 0.15) is 51.5 Å². The highest BCUT2D eigenvalue weighted by atomic mass is 35.5. The molecule has 2 aromatic carbocycles. The van der Waals surface area contributed by atoms with E-state index in [1.165, 1.54) is 17.0 Å². The summed E-state index contributed by atoms with van der Waals surface area (Å²) in [6.07, 6.45) is 1.12. The lowest BCUT2D eigenvalue weighted by Gasteiger charge is -2.18. The van der Waals surface area contributed by atoms with Crippen molar-refractivity contribution in [2.75, 3.05) is 12.4 Å². The van der Waals surface area contributed by atoms with E-state index < -0.39 is 10.8 Å². The molecule has 2 atom stereocenters. The number of rotatable bonds is 7. The van der Waals surface area contributed by atoms with Crippen LogP contribution >= 0.6 is 11.6 Å². The third kappa shape index (κ3) is 4.90. The van der Waals surface area contributed by atoms with Crippen LogP contribution in [0.15, 0.2) is 59.0 Å². The smallest absolute Gasteiger partial charge is 0.270 e. The van der Waals surface area contributed by atoms with Crippen LogP contribution < -0.4 is 5.32 Å². The molecule has 4 rings (SSSR count). The maximum atomic E-state index is 13.1. The Balaban J connectivity index is 1.48. The van der Waals surface area contributed by atoms with Gasteiger partial charge in [-0.3, -0.25) is 19.7 Å². The van der Waals surface area contributed by atoms with Crippen molar-refractivity contribution < 1.29 is 18.9 Å². The van der Waals surface area contributed by atoms with Crippen LogP contribution in [-0.2, 0) is 6.54 Å². The minimum Gasteiger partial charge on any atom is -0.464 e. The predicted octanol–water partition coefficient (Wildman–Crippen LogP) is 5.49. The number of hydrogen-bond donors (Lipinski definition) is 1. The Hall–Kier alpha value is -3.65. The number of non-ortho nitro benzene ring substituents is 1. The summed E-state index contributed by atoms with van der Waals surface area (Å²) in [4.78, 5) is 37.7. The van der Waals surface area contributed by atoms with Crippen molar-refractivity contribution in [3.05, 3.63) is 92.4 Å². The molecule has 1 heterocycles. The molecule has 9 heteroatoms. The topological polar surface area (TPSA) is 106 Å². The predicted molar refractivity (Wildman–Crippen MR) is 124 cm³/mol. The Labute approximate surface area is 195 Å². The van der Waals surface area contributed by atoms with Gasteiger partial charge in [0.1, 0.15) is 11.5 Å². The molecule has 1 aliphatic rings. The Morgan fingerprint density at radius 2 is 1.91 bits per heavy atom. The first kappa shape index (κ1) is 22.5. The maximum absolute atomic E-state index is 13.1. The zero-order valence-corrected chi connectivity index (χ0v) is 18.8. The molecule has 170 valence electrons. The zero-order chi connectivity index (χ0) is 23.7. The number of furan rings is 1. The van der Waals surface area contributed by atoms with Crippen LogP contribution in [0.5, 0.6) is 0 Å². The first-order valence-corrected chi connectivity index (χ1v) is 10.8. The minimum atomic E-state index is -0.593. The van der Waals surface area contributed by atoms with Crippen LogP contribution in [0.3, 0.4) is 0 Å². The number of halogens is 1. The second-order valence-corrected chi connectivity index (χ2v) is 8.61. The van der Waals surface area contributed by atoms with Crippen molar-refractivity contribution in [1.29, 1.82) is 0 Å². The summed E-state index contributed by atoms with van der Waals surface area (Å²) < 4.78 is 5.90. The SMILES string of the molecule is C[C@@H]1C[C@H]1c1ccc(CN(C)C(=O)c2ccccc2NC(=O)c2ccc([N+](=O)[O-])cc2Cl)o1. The third-order valence-corrected chi connectivity index (χ3v) is 6.02. The number of carbonyl (C=O) groups is 2. The lowest BCUT2D eigenvalue weighted by Crippen LogP contribution is -2.27. The van der Waals surface area contributed by atoms with E-state index in [1.807, 2.05) is 12.1 Å². The molecule has 2 amide bonds. The summed E-state index contributed by atoms with van der Waals surface area (Å²) in [5.74, 6) is 1.86. The second kappa shape index (κ2) is 9.07. The van der Waals surface area contributed by atoms with Crippen LogP contribution in [0, 0.1) is 16.0 Å². The van der Waals surface area contributed by atoms with Gasteiger partial charge < -0.3 is 14.6 Å². The molecule has 3 aromatic rings. The van der Waals surface area contributed by atoms with Crippen molar-refractivity contribution >= 4 is 34.8 Å². The number of hydrogen-bond acceptors (Lipinski definition) is 5. The van der Waals surface area contributed by atoms with Crippen LogP contribution in [0.2, 0.25) is 5.02 Å². The summed E-state index contributed by atoms with van der Waals surface area (Å²) >= 11 is 6.06. The number of nitro benzene ring substituents is 1. The molecule has 33 heavy (non-hydrogen) atoms. The minimum absolute atomic E-state index is 0.0544. The number of nitrogens with zero attached hydrogens (tertiary/aromatic N) is 2. The van der Waals surface area contributed by atoms with E-state index in [0.29, 0.717) is 28.8 Å². The van der Waals surface area contributed by atoms with Gasteiger partial charge in [0.15, 0.2) is 0 Å². The van der Waals surface area contributed by atoms with Gasteiger partial charge >= 0.3 is 0 Å². The number of nitro groups is 1. The van der Waals surface area contributed by atoms with E-state index in [9.17, 15) is 19.7 Å². The maximum Gasteiger partial charge on any atom is 0.270 e. The molecule has 8 nitrogen and oxygen atoms in total. The van der Waals surface area contributed by atoms with Crippen LogP contribution in [-0.4, -0.2) is 28.7 Å². The molecule has 0 aliphatic heterocycles. The second-order valence-electron chi connectivity index (χ2n) is 8.21. The fraction of sp³-hybridized carbons (Fsp3) is 0.250. The molecule has 0 unspecified atom stereocenters. The number of nitrogens with one attached hydrogen (secondary N) is 1. The summed E-state index contributed by atoms with van der Waals surface area (Å²) in [6, 6.07) is 14.1. The molecule has 1 N–H and O–H groups in total. The van der Waals surface area contributed by atoms with E-state index in [4.69, 9.17) is 16.0 Å². The quantitative estimate of drug-likeness (QED) is 0.365. The summed E-state index contributed by atoms with van der Waals surface area (Å²) in [6.45, 7) is 2.47. The van der Waals surface area contributed by atoms with Gasteiger partial charge in [0.25, 0.3) is 17.5 Å². The highest BCUT2D eigenvalue weighted by Gasteiger charge is 2.36. The van der Waals surface area contributed by atoms with Gasteiger partial charge in [-0.05, 0) is 42.7 Å². The summed E-state index contributed by atoms with van der Waals surface area (Å²) in [5, 5.41) is 13.5. The molecule has 0 bridgehead atoms. The molecule has 1 aliphatic carbocycles. The van der Waals surface area contributed by atoms with Crippen LogP contribution in [0.25, 0.3) is 0 Å². The number of benzene rings is 2. The monoisotopic (exact) mass is 467 g/mol. The van der Waals surface area contributed by atoms with E-state index in [1.54, 1.807) is 31.3 Å². The average Bonchev–Trinajstić information content (AvgIpc) is 3.33. The van der Waals surface area contributed by atoms with Crippen molar-refractivity contribution in [3.8, 4) is 0 Å². The number of amides is 2. The lowest BCUT2D eigenvalue weighted by atomic mass is 10.1. The fourth-order valence-electron chi connectivity index (χ4n) is 3.68. The van der Waals surface area contributed by atoms with Crippen molar-refractivity contribution in [2.45, 2.75) is 25.8 Å². The van der Waals surface area contributed by atoms with E-state index in [-0.39, 0.29) is 28.7 Å². The van der Waals surface area contributed by atoms with E-state index >= 15 is 0 Å². The largest absolute Gasteiger partial charge is 0.464 e. The van der Waals surface area contributed by atoms with Crippen molar-refractivity contribution in [1.82, 2.24) is 4.90 Å². The van der Waals surface area contributed by atoms with Gasteiger partial charge in [0.2, 0.25) is 0 Å². The Bertz CT molecular complexity index is 1240. The van der Waals surface area contributed by atoms with Gasteiger partial charge in [-0.2, -0.15) is 0 Å². The standard InChI is InChI=1S/C24H22ClN3O5/c1-14-11-19(14)22-10-8-16(33-22)13-27(2)24(30)18-5-3-4-6-21(18)26-23(29)17-9-7-15(28(31)32)12-20(17)25/h3-10,12,14,19H,11,13H2,1-2H3,(H,26,29)/t14-,19-/m1/s1. The fourth-order valence-corrected chi connectivity index (χ4v) is 3.94. The van der Waals surface area contributed by atoms with Gasteiger partial charge in [0, 0.05) is 25.1 Å². The molecule has 0 saturated heterocycles. The van der Waals surface area contributed by atoms with Crippen molar-refractivity contribution in [3.63, 3.8) is 0 Å². The van der Waals surface area contributed by atoms with Crippen molar-refractivity contribution in [2.24, 2.45) is 5.92 Å². The first-order valence-electron chi connectivity index (χ1n) is 10.4. The Kier molecular flexibility index (Phi) is 6.20. The molecule has 0 radical (unpaired) electrons. The van der Waals surface area contributed by atoms with Gasteiger partial charge in [-0.1, -0.05) is 30.7 Å². The number of carbonyl (C=O) groups excluding carboxylic acids is 2. The molecular formula is C24H22ClN3O5. The molecule has 0 spiro atoms. The normalized spacial score (nSPS) is 16.8.